The summed E-state index contributed by atoms with van der Waals surface area (Å²) < 4.78 is 0. The fraction of sp³-hybridized carbons (Fsp3) is 0.462. The first-order chi connectivity index (χ1) is 6.77. The maximum Gasteiger partial charge on any atom is 0.162 e. The lowest BCUT2D eigenvalue weighted by Crippen LogP contribution is -2.00. The number of carbonyl (C=O) groups is 1. The lowest BCUT2D eigenvalue weighted by Gasteiger charge is -1.99. The number of hydrogen-bond donors (Lipinski definition) is 0. The van der Waals surface area contributed by atoms with Crippen molar-refractivity contribution in [3.63, 3.8) is 0 Å². The number of carbonyl (C=O) groups excluding carboxylic acids is 1. The van der Waals surface area contributed by atoms with Gasteiger partial charge >= 0.3 is 0 Å². The number of rotatable bonds is 6. The van der Waals surface area contributed by atoms with Gasteiger partial charge in [-0.3, -0.25) is 4.79 Å². The molecule has 1 aliphatic carbocycles. The van der Waals surface area contributed by atoms with Crippen molar-refractivity contribution in [2.75, 3.05) is 0 Å². The average Bonchev–Trinajstić information content (AvgIpc) is 2.99. The molecule has 0 aromatic rings. The van der Waals surface area contributed by atoms with Gasteiger partial charge in [0.1, 0.15) is 0 Å². The number of Topliss-reactive ketones (excluding diaryl/α,β-unsaturated/α-hetero) is 1. The molecular formula is C13H18O. The van der Waals surface area contributed by atoms with Gasteiger partial charge in [-0.1, -0.05) is 43.7 Å². The van der Waals surface area contributed by atoms with Gasteiger partial charge in [0, 0.05) is 12.0 Å². The lowest BCUT2D eigenvalue weighted by molar-refractivity contribution is -0.115. The summed E-state index contributed by atoms with van der Waals surface area (Å²) in [6, 6.07) is 0. The molecule has 0 bridgehead atoms. The van der Waals surface area contributed by atoms with Crippen LogP contribution >= 0.6 is 0 Å². The molecule has 1 aliphatic rings. The molecule has 0 amide bonds. The topological polar surface area (TPSA) is 17.1 Å². The van der Waals surface area contributed by atoms with Gasteiger partial charge in [0.2, 0.25) is 0 Å². The van der Waals surface area contributed by atoms with E-state index in [1.54, 1.807) is 6.08 Å². The van der Waals surface area contributed by atoms with Gasteiger partial charge in [0.15, 0.2) is 5.78 Å². The highest BCUT2D eigenvalue weighted by atomic mass is 16.1. The van der Waals surface area contributed by atoms with Gasteiger partial charge in [-0.2, -0.15) is 0 Å². The second-order valence-corrected chi connectivity index (χ2v) is 3.76. The molecule has 0 aromatic heterocycles. The molecule has 1 rings (SSSR count). The maximum absolute atomic E-state index is 11.6. The molecule has 1 saturated carbocycles. The van der Waals surface area contributed by atoms with Crippen LogP contribution in [0.1, 0.15) is 32.6 Å². The van der Waals surface area contributed by atoms with Crippen LogP contribution in [0, 0.1) is 5.92 Å². The zero-order chi connectivity index (χ0) is 10.4. The van der Waals surface area contributed by atoms with Crippen molar-refractivity contribution >= 4 is 5.78 Å². The summed E-state index contributed by atoms with van der Waals surface area (Å²) in [5.74, 6) is 1.05. The molecule has 0 aliphatic heterocycles. The van der Waals surface area contributed by atoms with Crippen molar-refractivity contribution in [3.05, 3.63) is 36.5 Å². The second kappa shape index (κ2) is 5.58. The smallest absolute Gasteiger partial charge is 0.162 e. The Morgan fingerprint density at radius 2 is 2.21 bits per heavy atom. The predicted molar refractivity (Wildman–Crippen MR) is 60.1 cm³/mol. The standard InChI is InChI=1S/C13H18O/c1-3-5-6-12(4-2)13(14)10-9-11-7-8-11/h3-6,11H,2,7-10H2,1H3/b5-3-,12-6+. The Kier molecular flexibility index (Phi) is 4.37. The highest BCUT2D eigenvalue weighted by Crippen LogP contribution is 2.33. The molecule has 0 aromatic carbocycles. The van der Waals surface area contributed by atoms with Gasteiger partial charge in [0.25, 0.3) is 0 Å². The van der Waals surface area contributed by atoms with E-state index in [0.717, 1.165) is 17.9 Å². The zero-order valence-electron chi connectivity index (χ0n) is 8.83. The molecule has 1 fully saturated rings. The fourth-order valence-electron chi connectivity index (χ4n) is 1.36. The van der Waals surface area contributed by atoms with E-state index in [1.165, 1.54) is 12.8 Å². The van der Waals surface area contributed by atoms with E-state index < -0.39 is 0 Å². The third-order valence-electron chi connectivity index (χ3n) is 2.49. The summed E-state index contributed by atoms with van der Waals surface area (Å²) in [7, 11) is 0. The molecule has 76 valence electrons. The van der Waals surface area contributed by atoms with E-state index in [2.05, 4.69) is 6.58 Å². The van der Waals surface area contributed by atoms with E-state index in [-0.39, 0.29) is 5.78 Å². The Morgan fingerprint density at radius 1 is 1.50 bits per heavy atom. The summed E-state index contributed by atoms with van der Waals surface area (Å²) in [5.41, 5.74) is 0.740. The van der Waals surface area contributed by atoms with E-state index in [4.69, 9.17) is 0 Å². The predicted octanol–water partition coefficient (Wildman–Crippen LogP) is 3.43. The van der Waals surface area contributed by atoms with E-state index >= 15 is 0 Å². The molecular weight excluding hydrogens is 172 g/mol. The van der Waals surface area contributed by atoms with Gasteiger partial charge in [-0.25, -0.2) is 0 Å². The van der Waals surface area contributed by atoms with Crippen LogP contribution in [0.2, 0.25) is 0 Å². The first-order valence-corrected chi connectivity index (χ1v) is 5.26. The molecule has 0 heterocycles. The quantitative estimate of drug-likeness (QED) is 0.463. The number of hydrogen-bond acceptors (Lipinski definition) is 1. The first-order valence-electron chi connectivity index (χ1n) is 5.26. The molecule has 0 spiro atoms. The SMILES string of the molecule is C=C/C(=C\C=C/C)C(=O)CCC1CC1. The minimum atomic E-state index is 0.227. The highest BCUT2D eigenvalue weighted by molar-refractivity contribution is 5.98. The molecule has 0 radical (unpaired) electrons. The molecule has 1 nitrogen and oxygen atoms in total. The van der Waals surface area contributed by atoms with Crippen molar-refractivity contribution in [2.45, 2.75) is 32.6 Å². The van der Waals surface area contributed by atoms with Crippen molar-refractivity contribution < 1.29 is 4.79 Å². The van der Waals surface area contributed by atoms with Crippen LogP contribution in [0.25, 0.3) is 0 Å². The third kappa shape index (κ3) is 3.73. The zero-order valence-corrected chi connectivity index (χ0v) is 8.83. The first kappa shape index (κ1) is 11.0. The summed E-state index contributed by atoms with van der Waals surface area (Å²) in [5, 5.41) is 0. The van der Waals surface area contributed by atoms with E-state index in [0.29, 0.717) is 6.42 Å². The van der Waals surface area contributed by atoms with Crippen molar-refractivity contribution in [1.29, 1.82) is 0 Å². The highest BCUT2D eigenvalue weighted by Gasteiger charge is 2.22. The van der Waals surface area contributed by atoms with Crippen LogP contribution < -0.4 is 0 Å². The van der Waals surface area contributed by atoms with Gasteiger partial charge < -0.3 is 0 Å². The van der Waals surface area contributed by atoms with Crippen LogP contribution in [0.15, 0.2) is 36.5 Å². The minimum Gasteiger partial charge on any atom is -0.294 e. The van der Waals surface area contributed by atoms with Crippen molar-refractivity contribution in [3.8, 4) is 0 Å². The normalized spacial score (nSPS) is 17.4. The summed E-state index contributed by atoms with van der Waals surface area (Å²) in [4.78, 5) is 11.6. The van der Waals surface area contributed by atoms with Crippen molar-refractivity contribution in [1.82, 2.24) is 0 Å². The average molecular weight is 190 g/mol. The van der Waals surface area contributed by atoms with E-state index in [1.807, 2.05) is 25.2 Å². The molecule has 0 N–H and O–H groups in total. The Labute approximate surface area is 86.2 Å². The Balaban J connectivity index is 2.41. The number of allylic oxidation sites excluding steroid dienone is 5. The van der Waals surface area contributed by atoms with E-state index in [9.17, 15) is 4.79 Å². The van der Waals surface area contributed by atoms with Crippen LogP contribution in [-0.2, 0) is 4.79 Å². The molecule has 0 unspecified atom stereocenters. The van der Waals surface area contributed by atoms with Gasteiger partial charge in [0.05, 0.1) is 0 Å². The molecule has 1 heteroatoms. The molecule has 14 heavy (non-hydrogen) atoms. The minimum absolute atomic E-state index is 0.227. The van der Waals surface area contributed by atoms with Gasteiger partial charge in [-0.05, 0) is 19.3 Å². The molecule has 0 saturated heterocycles. The van der Waals surface area contributed by atoms with Crippen molar-refractivity contribution in [2.24, 2.45) is 5.92 Å². The summed E-state index contributed by atoms with van der Waals surface area (Å²) >= 11 is 0. The molecule has 0 atom stereocenters. The summed E-state index contributed by atoms with van der Waals surface area (Å²) in [6.07, 6.45) is 11.6. The second-order valence-electron chi connectivity index (χ2n) is 3.76. The van der Waals surface area contributed by atoms with Crippen LogP contribution in [0.3, 0.4) is 0 Å². The number of ketones is 1. The lowest BCUT2D eigenvalue weighted by atomic mass is 10.0. The van der Waals surface area contributed by atoms with Crippen LogP contribution in [0.4, 0.5) is 0 Å². The Hall–Kier alpha value is -1.11. The Bertz CT molecular complexity index is 267. The third-order valence-corrected chi connectivity index (χ3v) is 2.49. The largest absolute Gasteiger partial charge is 0.294 e. The van der Waals surface area contributed by atoms with Gasteiger partial charge in [-0.15, -0.1) is 0 Å². The Morgan fingerprint density at radius 3 is 2.71 bits per heavy atom. The van der Waals surface area contributed by atoms with Crippen LogP contribution in [0.5, 0.6) is 0 Å². The summed E-state index contributed by atoms with van der Waals surface area (Å²) in [6.45, 7) is 5.59. The maximum atomic E-state index is 11.6. The monoisotopic (exact) mass is 190 g/mol. The van der Waals surface area contributed by atoms with Crippen LogP contribution in [-0.4, -0.2) is 5.78 Å². The fourth-order valence-corrected chi connectivity index (χ4v) is 1.36.